The highest BCUT2D eigenvalue weighted by Gasteiger charge is 2.39. The second-order valence-electron chi connectivity index (χ2n) is 5.27. The fraction of sp³-hybridized carbons (Fsp3) is 0.200. The number of hydrogen-bond acceptors (Lipinski definition) is 5. The average molecular weight is 429 g/mol. The van der Waals surface area contributed by atoms with Gasteiger partial charge in [-0.25, -0.2) is 0 Å². The quantitative estimate of drug-likeness (QED) is 0.302. The molecule has 0 spiro atoms. The maximum absolute atomic E-state index is 13.1. The maximum Gasteiger partial charge on any atom is 0.417 e. The molecular formula is C15H9F6NO5S. The molecule has 0 amide bonds. The standard InChI is InChI=1S/C15H9F6NO5S/c16-14(17,18)10-5-3-6-12(22(23)24)9(10)8-27-28(25,26)13-7-2-1-4-11(13)15(19,20)21/h1-7H,8H2. The Morgan fingerprint density at radius 2 is 1.43 bits per heavy atom. The van der Waals surface area contributed by atoms with Gasteiger partial charge in [-0.15, -0.1) is 0 Å². The first-order valence-electron chi connectivity index (χ1n) is 7.14. The molecule has 28 heavy (non-hydrogen) atoms. The summed E-state index contributed by atoms with van der Waals surface area (Å²) in [5.41, 5.74) is -5.35. The van der Waals surface area contributed by atoms with Crippen molar-refractivity contribution in [1.82, 2.24) is 0 Å². The van der Waals surface area contributed by atoms with E-state index < -0.39 is 61.3 Å². The number of halogens is 6. The van der Waals surface area contributed by atoms with Crippen LogP contribution in [-0.4, -0.2) is 13.3 Å². The summed E-state index contributed by atoms with van der Waals surface area (Å²) in [6.07, 6.45) is -10.2. The van der Waals surface area contributed by atoms with Crippen molar-refractivity contribution < 1.29 is 43.9 Å². The summed E-state index contributed by atoms with van der Waals surface area (Å²) in [5, 5.41) is 11.0. The van der Waals surface area contributed by atoms with Crippen molar-refractivity contribution in [3.8, 4) is 0 Å². The third-order valence-corrected chi connectivity index (χ3v) is 4.80. The van der Waals surface area contributed by atoms with Crippen molar-refractivity contribution in [3.63, 3.8) is 0 Å². The van der Waals surface area contributed by atoms with E-state index in [1.54, 1.807) is 0 Å². The Kier molecular flexibility index (Phi) is 5.71. The fourth-order valence-corrected chi connectivity index (χ4v) is 3.38. The molecular weight excluding hydrogens is 420 g/mol. The van der Waals surface area contributed by atoms with Gasteiger partial charge in [-0.3, -0.25) is 14.3 Å². The Labute approximate surface area is 153 Å². The average Bonchev–Trinajstić information content (AvgIpc) is 2.58. The van der Waals surface area contributed by atoms with Gasteiger partial charge in [-0.1, -0.05) is 18.2 Å². The van der Waals surface area contributed by atoms with E-state index >= 15 is 0 Å². The summed E-state index contributed by atoms with van der Waals surface area (Å²) in [4.78, 5) is 8.45. The van der Waals surface area contributed by atoms with Crippen molar-refractivity contribution in [3.05, 3.63) is 69.3 Å². The van der Waals surface area contributed by atoms with Crippen LogP contribution in [0.1, 0.15) is 16.7 Å². The number of benzene rings is 2. The molecule has 2 rings (SSSR count). The third kappa shape index (κ3) is 4.59. The van der Waals surface area contributed by atoms with E-state index in [9.17, 15) is 44.9 Å². The van der Waals surface area contributed by atoms with Gasteiger partial charge in [-0.2, -0.15) is 34.8 Å². The van der Waals surface area contributed by atoms with Crippen LogP contribution >= 0.6 is 0 Å². The van der Waals surface area contributed by atoms with Crippen LogP contribution in [0, 0.1) is 10.1 Å². The lowest BCUT2D eigenvalue weighted by molar-refractivity contribution is -0.386. The molecule has 152 valence electrons. The molecule has 0 radical (unpaired) electrons. The Hall–Kier alpha value is -2.67. The third-order valence-electron chi connectivity index (χ3n) is 3.47. The van der Waals surface area contributed by atoms with E-state index in [1.165, 1.54) is 0 Å². The highest BCUT2D eigenvalue weighted by molar-refractivity contribution is 7.86. The number of nitrogens with zero attached hydrogens (tertiary/aromatic N) is 1. The van der Waals surface area contributed by atoms with Crippen LogP contribution in [0.3, 0.4) is 0 Å². The molecule has 0 heterocycles. The molecule has 0 fully saturated rings. The van der Waals surface area contributed by atoms with Crippen molar-refractivity contribution in [2.45, 2.75) is 23.9 Å². The SMILES string of the molecule is O=[N+]([O-])c1cccc(C(F)(F)F)c1COS(=O)(=O)c1ccccc1C(F)(F)F. The lowest BCUT2D eigenvalue weighted by Crippen LogP contribution is -2.17. The summed E-state index contributed by atoms with van der Waals surface area (Å²) in [6, 6.07) is 4.75. The first-order valence-corrected chi connectivity index (χ1v) is 8.55. The molecule has 0 unspecified atom stereocenters. The fourth-order valence-electron chi connectivity index (χ4n) is 2.28. The molecule has 0 aliphatic heterocycles. The van der Waals surface area contributed by atoms with Gasteiger partial charge in [-0.05, 0) is 18.2 Å². The first-order chi connectivity index (χ1) is 12.7. The highest BCUT2D eigenvalue weighted by atomic mass is 32.2. The lowest BCUT2D eigenvalue weighted by atomic mass is 10.1. The zero-order valence-corrected chi connectivity index (χ0v) is 14.2. The van der Waals surface area contributed by atoms with Crippen LogP contribution in [0.4, 0.5) is 32.0 Å². The summed E-state index contributed by atoms with van der Waals surface area (Å²) in [5.74, 6) is 0. The van der Waals surface area contributed by atoms with Crippen LogP contribution < -0.4 is 0 Å². The normalized spacial score (nSPS) is 12.8. The molecule has 13 heteroatoms. The first kappa shape index (κ1) is 21.6. The number of nitro groups is 1. The molecule has 0 bridgehead atoms. The van der Waals surface area contributed by atoms with Crippen LogP contribution in [-0.2, 0) is 33.3 Å². The summed E-state index contributed by atoms with van der Waals surface area (Å²) in [7, 11) is -5.19. The molecule has 2 aromatic rings. The summed E-state index contributed by atoms with van der Waals surface area (Å²) < 4.78 is 107. The van der Waals surface area contributed by atoms with E-state index in [0.717, 1.165) is 18.2 Å². The molecule has 0 aliphatic rings. The highest BCUT2D eigenvalue weighted by Crippen LogP contribution is 2.38. The lowest BCUT2D eigenvalue weighted by Gasteiger charge is -2.15. The minimum absolute atomic E-state index is 0.447. The smallest absolute Gasteiger partial charge is 0.261 e. The molecule has 0 N–H and O–H groups in total. The predicted molar refractivity (Wildman–Crippen MR) is 81.5 cm³/mol. The molecule has 0 aliphatic carbocycles. The minimum Gasteiger partial charge on any atom is -0.261 e. The van der Waals surface area contributed by atoms with Crippen LogP contribution in [0.2, 0.25) is 0 Å². The van der Waals surface area contributed by atoms with Crippen molar-refractivity contribution in [1.29, 1.82) is 0 Å². The van der Waals surface area contributed by atoms with Crippen molar-refractivity contribution in [2.24, 2.45) is 0 Å². The van der Waals surface area contributed by atoms with E-state index in [2.05, 4.69) is 4.18 Å². The van der Waals surface area contributed by atoms with Crippen molar-refractivity contribution >= 4 is 15.8 Å². The van der Waals surface area contributed by atoms with Gasteiger partial charge < -0.3 is 0 Å². The topological polar surface area (TPSA) is 86.5 Å². The Bertz CT molecular complexity index is 1000. The van der Waals surface area contributed by atoms with Gasteiger partial charge in [0.05, 0.1) is 28.2 Å². The monoisotopic (exact) mass is 429 g/mol. The van der Waals surface area contributed by atoms with Gasteiger partial charge in [0.25, 0.3) is 15.8 Å². The van der Waals surface area contributed by atoms with Crippen LogP contribution in [0.15, 0.2) is 47.4 Å². The van der Waals surface area contributed by atoms with E-state index in [0.29, 0.717) is 24.3 Å². The van der Waals surface area contributed by atoms with E-state index in [1.807, 2.05) is 0 Å². The Balaban J connectivity index is 2.49. The van der Waals surface area contributed by atoms with E-state index in [4.69, 9.17) is 0 Å². The second kappa shape index (κ2) is 7.39. The molecule has 2 aromatic carbocycles. The van der Waals surface area contributed by atoms with Crippen LogP contribution in [0.25, 0.3) is 0 Å². The largest absolute Gasteiger partial charge is 0.417 e. The molecule has 0 saturated carbocycles. The number of nitro benzene ring substituents is 1. The molecule has 0 atom stereocenters. The van der Waals surface area contributed by atoms with Gasteiger partial charge >= 0.3 is 12.4 Å². The summed E-state index contributed by atoms with van der Waals surface area (Å²) >= 11 is 0. The number of hydrogen-bond donors (Lipinski definition) is 0. The number of alkyl halides is 6. The number of rotatable bonds is 5. The summed E-state index contributed by atoms with van der Waals surface area (Å²) in [6.45, 7) is -1.49. The maximum atomic E-state index is 13.1. The predicted octanol–water partition coefficient (Wildman–Crippen LogP) is 4.54. The van der Waals surface area contributed by atoms with Crippen LogP contribution in [0.5, 0.6) is 0 Å². The molecule has 0 saturated heterocycles. The van der Waals surface area contributed by atoms with Gasteiger partial charge in [0.15, 0.2) is 0 Å². The van der Waals surface area contributed by atoms with Gasteiger partial charge in [0.1, 0.15) is 4.90 Å². The van der Waals surface area contributed by atoms with Gasteiger partial charge in [0, 0.05) is 6.07 Å². The van der Waals surface area contributed by atoms with E-state index in [-0.39, 0.29) is 0 Å². The minimum atomic E-state index is -5.19. The second-order valence-corrected chi connectivity index (χ2v) is 6.85. The Morgan fingerprint density at radius 1 is 0.893 bits per heavy atom. The molecule has 0 aromatic heterocycles. The van der Waals surface area contributed by atoms with Crippen molar-refractivity contribution in [2.75, 3.05) is 0 Å². The molecule has 6 nitrogen and oxygen atoms in total. The van der Waals surface area contributed by atoms with Gasteiger partial charge in [0.2, 0.25) is 0 Å². The Morgan fingerprint density at radius 3 is 1.96 bits per heavy atom. The zero-order chi connectivity index (χ0) is 21.3. The zero-order valence-electron chi connectivity index (χ0n) is 13.4.